The Labute approximate surface area is 159 Å². The zero-order valence-corrected chi connectivity index (χ0v) is 15.6. The second-order valence-electron chi connectivity index (χ2n) is 6.65. The number of nitrogens with zero attached hydrogens (tertiary/aromatic N) is 2. The van der Waals surface area contributed by atoms with Gasteiger partial charge in [0.2, 0.25) is 0 Å². The quantitative estimate of drug-likeness (QED) is 0.771. The molecule has 2 aromatic carbocycles. The number of rotatable bonds is 8. The fraction of sp³-hybridized carbons (Fsp3) is 0.381. The lowest BCUT2D eigenvalue weighted by molar-refractivity contribution is 0.0697. The van der Waals surface area contributed by atoms with Crippen molar-refractivity contribution in [2.75, 3.05) is 46.4 Å². The molecule has 0 bridgehead atoms. The predicted octanol–water partition coefficient (Wildman–Crippen LogP) is 2.59. The van der Waals surface area contributed by atoms with Crippen LogP contribution in [0.5, 0.6) is 11.5 Å². The minimum Gasteiger partial charge on any atom is -0.497 e. The summed E-state index contributed by atoms with van der Waals surface area (Å²) in [5.41, 5.74) is 1.48. The molecule has 0 amide bonds. The number of carbonyl (C=O) groups is 1. The lowest BCUT2D eigenvalue weighted by Crippen LogP contribution is -2.47. The van der Waals surface area contributed by atoms with Gasteiger partial charge in [-0.15, -0.1) is 0 Å². The van der Waals surface area contributed by atoms with E-state index in [0.29, 0.717) is 12.2 Å². The third-order valence-electron chi connectivity index (χ3n) is 4.79. The van der Waals surface area contributed by atoms with E-state index < -0.39 is 5.97 Å². The minimum atomic E-state index is -0.883. The molecule has 6 nitrogen and oxygen atoms in total. The van der Waals surface area contributed by atoms with Crippen LogP contribution in [0.2, 0.25) is 0 Å². The van der Waals surface area contributed by atoms with Crippen LogP contribution in [-0.4, -0.2) is 67.3 Å². The summed E-state index contributed by atoms with van der Waals surface area (Å²) in [5.74, 6) is 0.752. The Morgan fingerprint density at radius 2 is 1.67 bits per heavy atom. The topological polar surface area (TPSA) is 62.2 Å². The minimum absolute atomic E-state index is 0.333. The summed E-state index contributed by atoms with van der Waals surface area (Å²) in [4.78, 5) is 15.7. The first-order valence-corrected chi connectivity index (χ1v) is 9.18. The molecule has 144 valence electrons. The summed E-state index contributed by atoms with van der Waals surface area (Å²) in [5, 5.41) is 8.96. The van der Waals surface area contributed by atoms with Crippen LogP contribution < -0.4 is 9.47 Å². The molecule has 2 aromatic rings. The molecule has 1 N–H and O–H groups in total. The van der Waals surface area contributed by atoms with Crippen LogP contribution in [0.1, 0.15) is 15.9 Å². The number of hydrogen-bond donors (Lipinski definition) is 1. The van der Waals surface area contributed by atoms with Gasteiger partial charge in [-0.2, -0.15) is 0 Å². The van der Waals surface area contributed by atoms with E-state index >= 15 is 0 Å². The lowest BCUT2D eigenvalue weighted by atomic mass is 10.1. The Hall–Kier alpha value is -2.57. The van der Waals surface area contributed by atoms with E-state index in [2.05, 4.69) is 9.80 Å². The molecule has 27 heavy (non-hydrogen) atoms. The molecule has 0 spiro atoms. The normalized spacial score (nSPS) is 15.4. The van der Waals surface area contributed by atoms with Gasteiger partial charge in [0, 0.05) is 45.3 Å². The van der Waals surface area contributed by atoms with Crippen LogP contribution in [0.25, 0.3) is 0 Å². The molecule has 1 fully saturated rings. The molecule has 1 aliphatic heterocycles. The van der Waals surface area contributed by atoms with Crippen molar-refractivity contribution in [3.05, 3.63) is 59.7 Å². The van der Waals surface area contributed by atoms with Gasteiger partial charge >= 0.3 is 5.97 Å². The predicted molar refractivity (Wildman–Crippen MR) is 104 cm³/mol. The molecule has 0 radical (unpaired) electrons. The molecular weight excluding hydrogens is 344 g/mol. The van der Waals surface area contributed by atoms with Gasteiger partial charge in [0.25, 0.3) is 0 Å². The van der Waals surface area contributed by atoms with Gasteiger partial charge < -0.3 is 14.6 Å². The molecular formula is C21H26N2O4. The average molecular weight is 370 g/mol. The van der Waals surface area contributed by atoms with Crippen molar-refractivity contribution in [2.24, 2.45) is 0 Å². The molecule has 6 heteroatoms. The average Bonchev–Trinajstić information content (AvgIpc) is 2.70. The third-order valence-corrected chi connectivity index (χ3v) is 4.79. The number of ether oxygens (including phenoxy) is 2. The van der Waals surface area contributed by atoms with Crippen molar-refractivity contribution in [1.29, 1.82) is 0 Å². The number of carboxylic acid groups (broad SMARTS) is 1. The fourth-order valence-corrected chi connectivity index (χ4v) is 3.17. The van der Waals surface area contributed by atoms with Crippen molar-refractivity contribution < 1.29 is 19.4 Å². The second-order valence-corrected chi connectivity index (χ2v) is 6.65. The smallest absolute Gasteiger partial charge is 0.335 e. The van der Waals surface area contributed by atoms with E-state index in [-0.39, 0.29) is 0 Å². The van der Waals surface area contributed by atoms with E-state index in [1.54, 1.807) is 19.2 Å². The summed E-state index contributed by atoms with van der Waals surface area (Å²) in [6.07, 6.45) is 0. The Balaban J connectivity index is 1.37. The fourth-order valence-electron chi connectivity index (χ4n) is 3.17. The molecule has 1 heterocycles. The molecule has 0 aromatic heterocycles. The summed E-state index contributed by atoms with van der Waals surface area (Å²) >= 11 is 0. The maximum Gasteiger partial charge on any atom is 0.335 e. The van der Waals surface area contributed by atoms with Gasteiger partial charge in [-0.1, -0.05) is 18.2 Å². The van der Waals surface area contributed by atoms with Crippen LogP contribution in [0.3, 0.4) is 0 Å². The lowest BCUT2D eigenvalue weighted by Gasteiger charge is -2.34. The monoisotopic (exact) mass is 370 g/mol. The van der Waals surface area contributed by atoms with E-state index in [9.17, 15) is 4.79 Å². The van der Waals surface area contributed by atoms with Crippen LogP contribution in [0.15, 0.2) is 48.5 Å². The Kier molecular flexibility index (Phi) is 6.68. The van der Waals surface area contributed by atoms with Crippen molar-refractivity contribution in [3.63, 3.8) is 0 Å². The second kappa shape index (κ2) is 9.39. The van der Waals surface area contributed by atoms with Gasteiger partial charge in [0.15, 0.2) is 0 Å². The summed E-state index contributed by atoms with van der Waals surface area (Å²) < 4.78 is 11.0. The molecule has 1 saturated heterocycles. The van der Waals surface area contributed by atoms with E-state index in [1.165, 1.54) is 0 Å². The molecule has 0 aliphatic carbocycles. The van der Waals surface area contributed by atoms with E-state index in [0.717, 1.165) is 56.3 Å². The highest BCUT2D eigenvalue weighted by molar-refractivity contribution is 5.87. The summed E-state index contributed by atoms with van der Waals surface area (Å²) in [7, 11) is 1.65. The largest absolute Gasteiger partial charge is 0.497 e. The summed E-state index contributed by atoms with van der Waals surface area (Å²) in [6.45, 7) is 6.43. The number of aromatic carboxylic acids is 1. The Bertz CT molecular complexity index is 740. The Morgan fingerprint density at radius 3 is 2.33 bits per heavy atom. The maximum absolute atomic E-state index is 10.9. The van der Waals surface area contributed by atoms with Gasteiger partial charge in [-0.3, -0.25) is 9.80 Å². The zero-order chi connectivity index (χ0) is 19.1. The van der Waals surface area contributed by atoms with Crippen molar-refractivity contribution in [2.45, 2.75) is 6.54 Å². The highest BCUT2D eigenvalue weighted by Gasteiger charge is 2.17. The van der Waals surface area contributed by atoms with E-state index in [4.69, 9.17) is 14.6 Å². The summed E-state index contributed by atoms with van der Waals surface area (Å²) in [6, 6.07) is 14.8. The first kappa shape index (κ1) is 19.2. The SMILES string of the molecule is COc1cccc(OCCN2CCN(Cc3ccc(C(=O)O)cc3)CC2)c1. The highest BCUT2D eigenvalue weighted by atomic mass is 16.5. The van der Waals surface area contributed by atoms with Gasteiger partial charge in [-0.25, -0.2) is 4.79 Å². The number of piperazine rings is 1. The number of carboxylic acids is 1. The molecule has 0 unspecified atom stereocenters. The van der Waals surface area contributed by atoms with Gasteiger partial charge in [0.05, 0.1) is 12.7 Å². The highest BCUT2D eigenvalue weighted by Crippen LogP contribution is 2.18. The van der Waals surface area contributed by atoms with Crippen LogP contribution in [0, 0.1) is 0 Å². The molecule has 0 saturated carbocycles. The standard InChI is InChI=1S/C21H26N2O4/c1-26-19-3-2-4-20(15-19)27-14-13-22-9-11-23(12-10-22)16-17-5-7-18(8-6-17)21(24)25/h2-8,15H,9-14,16H2,1H3,(H,24,25). The van der Waals surface area contributed by atoms with Gasteiger partial charge in [-0.05, 0) is 29.8 Å². The van der Waals surface area contributed by atoms with Crippen LogP contribution in [0.4, 0.5) is 0 Å². The van der Waals surface area contributed by atoms with Gasteiger partial charge in [0.1, 0.15) is 18.1 Å². The van der Waals surface area contributed by atoms with E-state index in [1.807, 2.05) is 36.4 Å². The molecule has 3 rings (SSSR count). The number of methoxy groups -OCH3 is 1. The molecule has 0 atom stereocenters. The van der Waals surface area contributed by atoms with Crippen LogP contribution in [-0.2, 0) is 6.54 Å². The first-order chi connectivity index (χ1) is 13.1. The Morgan fingerprint density at radius 1 is 1.00 bits per heavy atom. The van der Waals surface area contributed by atoms with Crippen molar-refractivity contribution >= 4 is 5.97 Å². The van der Waals surface area contributed by atoms with Crippen LogP contribution >= 0.6 is 0 Å². The van der Waals surface area contributed by atoms with Crippen molar-refractivity contribution in [1.82, 2.24) is 9.80 Å². The number of benzene rings is 2. The maximum atomic E-state index is 10.9. The first-order valence-electron chi connectivity index (χ1n) is 9.18. The van der Waals surface area contributed by atoms with Crippen molar-refractivity contribution in [3.8, 4) is 11.5 Å². The number of hydrogen-bond acceptors (Lipinski definition) is 5. The third kappa shape index (κ3) is 5.70. The molecule has 1 aliphatic rings. The zero-order valence-electron chi connectivity index (χ0n) is 15.6.